The van der Waals surface area contributed by atoms with Crippen molar-refractivity contribution < 1.29 is 9.90 Å². The van der Waals surface area contributed by atoms with Gasteiger partial charge >= 0.3 is 5.97 Å². The van der Waals surface area contributed by atoms with Crippen LogP contribution in [-0.2, 0) is 4.79 Å². The third kappa shape index (κ3) is 3.83. The molecule has 4 heteroatoms. The first kappa shape index (κ1) is 13.0. The molecule has 0 aliphatic heterocycles. The van der Waals surface area contributed by atoms with Crippen LogP contribution in [0.4, 0.5) is 0 Å². The maximum atomic E-state index is 11.1. The number of benzene rings is 1. The van der Waals surface area contributed by atoms with Crippen molar-refractivity contribution in [2.75, 3.05) is 20.6 Å². The van der Waals surface area contributed by atoms with Gasteiger partial charge in [-0.15, -0.1) is 0 Å². The minimum atomic E-state index is -0.788. The average Bonchev–Trinajstić information content (AvgIpc) is 2.20. The minimum absolute atomic E-state index is 0.459. The van der Waals surface area contributed by atoms with Crippen molar-refractivity contribution in [2.45, 2.75) is 12.3 Å². The summed E-state index contributed by atoms with van der Waals surface area (Å²) in [5.41, 5.74) is 0.804. The van der Waals surface area contributed by atoms with E-state index in [0.29, 0.717) is 11.4 Å². The van der Waals surface area contributed by atoms with Gasteiger partial charge in [0.25, 0.3) is 0 Å². The molecule has 1 rings (SSSR count). The summed E-state index contributed by atoms with van der Waals surface area (Å²) < 4.78 is 0. The van der Waals surface area contributed by atoms with Crippen LogP contribution in [0.3, 0.4) is 0 Å². The van der Waals surface area contributed by atoms with Gasteiger partial charge in [0.2, 0.25) is 0 Å². The van der Waals surface area contributed by atoms with Crippen molar-refractivity contribution in [1.29, 1.82) is 0 Å². The Morgan fingerprint density at radius 3 is 2.38 bits per heavy atom. The highest BCUT2D eigenvalue weighted by atomic mass is 35.5. The van der Waals surface area contributed by atoms with Crippen LogP contribution in [0.15, 0.2) is 24.3 Å². The molecular formula is C12H16ClNO2. The van der Waals surface area contributed by atoms with Crippen LogP contribution in [0, 0.1) is 0 Å². The summed E-state index contributed by atoms with van der Waals surface area (Å²) in [6.45, 7) is 0.750. The summed E-state index contributed by atoms with van der Waals surface area (Å²) in [6, 6.07) is 7.00. The lowest BCUT2D eigenvalue weighted by molar-refractivity contribution is -0.139. The topological polar surface area (TPSA) is 40.5 Å². The van der Waals surface area contributed by atoms with E-state index < -0.39 is 11.9 Å². The Morgan fingerprint density at radius 2 is 1.94 bits per heavy atom. The second-order valence-electron chi connectivity index (χ2n) is 4.03. The van der Waals surface area contributed by atoms with Crippen molar-refractivity contribution in [2.24, 2.45) is 0 Å². The van der Waals surface area contributed by atoms with Crippen LogP contribution in [0.5, 0.6) is 0 Å². The molecule has 0 aromatic heterocycles. The molecule has 1 atom stereocenters. The van der Waals surface area contributed by atoms with E-state index in [2.05, 4.69) is 0 Å². The molecule has 0 saturated carbocycles. The third-order valence-electron chi connectivity index (χ3n) is 2.44. The fourth-order valence-corrected chi connectivity index (χ4v) is 1.64. The number of nitrogens with zero attached hydrogens (tertiary/aromatic N) is 1. The van der Waals surface area contributed by atoms with Crippen molar-refractivity contribution in [3.8, 4) is 0 Å². The standard InChI is InChI=1S/C12H16ClNO2/c1-14(2)8-7-11(12(15)16)9-3-5-10(13)6-4-9/h3-6,11H,7-8H2,1-2H3,(H,15,16). The Balaban J connectivity index is 2.77. The number of hydrogen-bond donors (Lipinski definition) is 1. The summed E-state index contributed by atoms with van der Waals surface area (Å²) in [7, 11) is 3.86. The van der Waals surface area contributed by atoms with Crippen LogP contribution >= 0.6 is 11.6 Å². The fraction of sp³-hybridized carbons (Fsp3) is 0.417. The zero-order chi connectivity index (χ0) is 12.1. The van der Waals surface area contributed by atoms with E-state index in [1.165, 1.54) is 0 Å². The van der Waals surface area contributed by atoms with Crippen molar-refractivity contribution in [3.05, 3.63) is 34.9 Å². The molecule has 1 unspecified atom stereocenters. The Bertz CT molecular complexity index is 349. The molecule has 1 aromatic rings. The highest BCUT2D eigenvalue weighted by molar-refractivity contribution is 6.30. The number of halogens is 1. The smallest absolute Gasteiger partial charge is 0.311 e. The largest absolute Gasteiger partial charge is 0.481 e. The number of hydrogen-bond acceptors (Lipinski definition) is 2. The van der Waals surface area contributed by atoms with Gasteiger partial charge in [-0.1, -0.05) is 23.7 Å². The maximum Gasteiger partial charge on any atom is 0.311 e. The molecule has 1 aromatic carbocycles. The summed E-state index contributed by atoms with van der Waals surface area (Å²) >= 11 is 5.77. The highest BCUT2D eigenvalue weighted by Gasteiger charge is 2.19. The zero-order valence-corrected chi connectivity index (χ0v) is 10.2. The Labute approximate surface area is 101 Å². The molecule has 0 aliphatic carbocycles. The lowest BCUT2D eigenvalue weighted by Crippen LogP contribution is -2.20. The van der Waals surface area contributed by atoms with Crippen LogP contribution in [0.1, 0.15) is 17.9 Å². The maximum absolute atomic E-state index is 11.1. The van der Waals surface area contributed by atoms with Crippen LogP contribution in [0.2, 0.25) is 5.02 Å². The molecule has 0 bridgehead atoms. The molecule has 16 heavy (non-hydrogen) atoms. The van der Waals surface area contributed by atoms with Crippen LogP contribution < -0.4 is 0 Å². The third-order valence-corrected chi connectivity index (χ3v) is 2.69. The van der Waals surface area contributed by atoms with Gasteiger partial charge < -0.3 is 10.0 Å². The molecule has 0 heterocycles. The van der Waals surface area contributed by atoms with Gasteiger partial charge in [0.15, 0.2) is 0 Å². The predicted molar refractivity (Wildman–Crippen MR) is 65.0 cm³/mol. The average molecular weight is 242 g/mol. The summed E-state index contributed by atoms with van der Waals surface area (Å²) in [5.74, 6) is -1.25. The summed E-state index contributed by atoms with van der Waals surface area (Å²) in [5, 5.41) is 9.78. The zero-order valence-electron chi connectivity index (χ0n) is 9.48. The molecule has 0 spiro atoms. The van der Waals surface area contributed by atoms with E-state index in [-0.39, 0.29) is 0 Å². The second-order valence-corrected chi connectivity index (χ2v) is 4.47. The number of rotatable bonds is 5. The van der Waals surface area contributed by atoms with Crippen molar-refractivity contribution in [1.82, 2.24) is 4.90 Å². The lowest BCUT2D eigenvalue weighted by atomic mass is 9.96. The fourth-order valence-electron chi connectivity index (χ4n) is 1.52. The predicted octanol–water partition coefficient (Wildman–Crippen LogP) is 2.46. The first-order chi connectivity index (χ1) is 7.50. The van der Waals surface area contributed by atoms with Gasteiger partial charge in [-0.05, 0) is 44.8 Å². The van der Waals surface area contributed by atoms with Gasteiger partial charge in [0.1, 0.15) is 0 Å². The highest BCUT2D eigenvalue weighted by Crippen LogP contribution is 2.22. The monoisotopic (exact) mass is 241 g/mol. The van der Waals surface area contributed by atoms with Crippen molar-refractivity contribution >= 4 is 17.6 Å². The van der Waals surface area contributed by atoms with Crippen LogP contribution in [-0.4, -0.2) is 36.6 Å². The van der Waals surface area contributed by atoms with E-state index >= 15 is 0 Å². The first-order valence-corrected chi connectivity index (χ1v) is 5.51. The number of carboxylic acids is 1. The van der Waals surface area contributed by atoms with E-state index in [1.54, 1.807) is 24.3 Å². The molecule has 0 fully saturated rings. The number of aliphatic carboxylic acids is 1. The molecule has 0 radical (unpaired) electrons. The van der Waals surface area contributed by atoms with E-state index in [0.717, 1.165) is 12.1 Å². The number of carbonyl (C=O) groups is 1. The quantitative estimate of drug-likeness (QED) is 0.861. The Kier molecular flexibility index (Phi) is 4.77. The first-order valence-electron chi connectivity index (χ1n) is 5.13. The molecule has 3 nitrogen and oxygen atoms in total. The molecule has 0 aliphatic rings. The minimum Gasteiger partial charge on any atom is -0.481 e. The van der Waals surface area contributed by atoms with E-state index in [9.17, 15) is 4.79 Å². The van der Waals surface area contributed by atoms with E-state index in [4.69, 9.17) is 16.7 Å². The van der Waals surface area contributed by atoms with Gasteiger partial charge in [-0.25, -0.2) is 0 Å². The molecule has 0 saturated heterocycles. The Morgan fingerprint density at radius 1 is 1.38 bits per heavy atom. The van der Waals surface area contributed by atoms with E-state index in [1.807, 2.05) is 19.0 Å². The molecular weight excluding hydrogens is 226 g/mol. The van der Waals surface area contributed by atoms with Gasteiger partial charge in [-0.3, -0.25) is 4.79 Å². The summed E-state index contributed by atoms with van der Waals surface area (Å²) in [6.07, 6.45) is 0.601. The normalized spacial score (nSPS) is 12.8. The van der Waals surface area contributed by atoms with Gasteiger partial charge in [0, 0.05) is 5.02 Å². The molecule has 0 amide bonds. The second kappa shape index (κ2) is 5.87. The van der Waals surface area contributed by atoms with Gasteiger partial charge in [0.05, 0.1) is 5.92 Å². The Hall–Kier alpha value is -1.06. The molecule has 1 N–H and O–H groups in total. The SMILES string of the molecule is CN(C)CCC(C(=O)O)c1ccc(Cl)cc1. The lowest BCUT2D eigenvalue weighted by Gasteiger charge is -2.15. The summed E-state index contributed by atoms with van der Waals surface area (Å²) in [4.78, 5) is 13.1. The van der Waals surface area contributed by atoms with Crippen molar-refractivity contribution in [3.63, 3.8) is 0 Å². The van der Waals surface area contributed by atoms with Crippen LogP contribution in [0.25, 0.3) is 0 Å². The number of carboxylic acid groups (broad SMARTS) is 1. The van der Waals surface area contributed by atoms with Gasteiger partial charge in [-0.2, -0.15) is 0 Å². The molecule has 88 valence electrons.